The second-order valence-electron chi connectivity index (χ2n) is 7.43. The Morgan fingerprint density at radius 1 is 1.00 bits per heavy atom. The molecule has 1 saturated heterocycles. The highest BCUT2D eigenvalue weighted by molar-refractivity contribution is 7.91. The highest BCUT2D eigenvalue weighted by Gasteiger charge is 2.24. The number of nitrogens with zero attached hydrogens (tertiary/aromatic N) is 2. The molecule has 2 aliphatic heterocycles. The van der Waals surface area contributed by atoms with E-state index in [-0.39, 0.29) is 28.9 Å². The zero-order valence-electron chi connectivity index (χ0n) is 15.9. The van der Waals surface area contributed by atoms with Gasteiger partial charge in [-0.25, -0.2) is 8.42 Å². The zero-order valence-corrected chi connectivity index (χ0v) is 16.8. The number of aryl methyl sites for hydroxylation is 1. The number of amides is 2. The summed E-state index contributed by atoms with van der Waals surface area (Å²) in [6.45, 7) is 3.66. The van der Waals surface area contributed by atoms with Gasteiger partial charge in [-0.05, 0) is 49.4 Å². The van der Waals surface area contributed by atoms with E-state index in [1.165, 1.54) is 6.92 Å². The summed E-state index contributed by atoms with van der Waals surface area (Å²) in [6.07, 6.45) is 5.87. The van der Waals surface area contributed by atoms with E-state index in [0.717, 1.165) is 62.9 Å². The summed E-state index contributed by atoms with van der Waals surface area (Å²) in [6, 6.07) is 4.96. The fourth-order valence-corrected chi connectivity index (χ4v) is 5.19. The molecule has 0 bridgehead atoms. The standard InChI is InChI=1S/C20H28N2O4S/c1-16(23)22-13-6-7-17-15-18(8-9-19(17)22)27(25,26)14-10-20(24)21-11-4-2-3-5-12-21/h8-9,15H,2-7,10-14H2,1H3. The summed E-state index contributed by atoms with van der Waals surface area (Å²) in [7, 11) is -3.53. The molecule has 0 unspecified atom stereocenters. The van der Waals surface area contributed by atoms with Crippen LogP contribution in [0.4, 0.5) is 5.69 Å². The Balaban J connectivity index is 1.69. The van der Waals surface area contributed by atoms with Gasteiger partial charge in [-0.1, -0.05) is 12.8 Å². The van der Waals surface area contributed by atoms with E-state index >= 15 is 0 Å². The van der Waals surface area contributed by atoms with Crippen LogP contribution in [-0.2, 0) is 25.8 Å². The molecule has 7 heteroatoms. The molecule has 1 fully saturated rings. The van der Waals surface area contributed by atoms with Crippen molar-refractivity contribution in [2.45, 2.75) is 56.8 Å². The first-order chi connectivity index (χ1) is 12.9. The van der Waals surface area contributed by atoms with Crippen molar-refractivity contribution < 1.29 is 18.0 Å². The van der Waals surface area contributed by atoms with Crippen LogP contribution in [0.1, 0.15) is 51.0 Å². The van der Waals surface area contributed by atoms with Crippen LogP contribution in [0.15, 0.2) is 23.1 Å². The van der Waals surface area contributed by atoms with Gasteiger partial charge in [0.05, 0.1) is 10.6 Å². The predicted octanol–water partition coefficient (Wildman–Crippen LogP) is 2.55. The van der Waals surface area contributed by atoms with Gasteiger partial charge in [0.1, 0.15) is 0 Å². The summed E-state index contributed by atoms with van der Waals surface area (Å²) in [4.78, 5) is 27.9. The summed E-state index contributed by atoms with van der Waals surface area (Å²) in [5.74, 6) is -0.270. The van der Waals surface area contributed by atoms with E-state index in [2.05, 4.69) is 0 Å². The third-order valence-electron chi connectivity index (χ3n) is 5.45. The molecule has 148 valence electrons. The molecule has 1 aromatic carbocycles. The number of likely N-dealkylation sites (tertiary alicyclic amines) is 1. The smallest absolute Gasteiger partial charge is 0.223 e. The largest absolute Gasteiger partial charge is 0.343 e. The van der Waals surface area contributed by atoms with Gasteiger partial charge < -0.3 is 9.80 Å². The molecular formula is C20H28N2O4S. The van der Waals surface area contributed by atoms with Crippen LogP contribution in [0, 0.1) is 0 Å². The van der Waals surface area contributed by atoms with Crippen LogP contribution in [0.25, 0.3) is 0 Å². The first kappa shape index (κ1) is 19.9. The van der Waals surface area contributed by atoms with E-state index in [9.17, 15) is 18.0 Å². The fourth-order valence-electron chi connectivity index (χ4n) is 3.91. The number of carbonyl (C=O) groups is 2. The Morgan fingerprint density at radius 2 is 1.70 bits per heavy atom. The number of sulfone groups is 1. The first-order valence-corrected chi connectivity index (χ1v) is 11.5. The molecule has 3 rings (SSSR count). The van der Waals surface area contributed by atoms with Gasteiger partial charge in [-0.2, -0.15) is 0 Å². The van der Waals surface area contributed by atoms with E-state index in [0.29, 0.717) is 6.54 Å². The van der Waals surface area contributed by atoms with Gasteiger partial charge in [0.25, 0.3) is 0 Å². The van der Waals surface area contributed by atoms with Crippen molar-refractivity contribution in [2.24, 2.45) is 0 Å². The lowest BCUT2D eigenvalue weighted by Crippen LogP contribution is -2.34. The van der Waals surface area contributed by atoms with Crippen LogP contribution < -0.4 is 4.90 Å². The number of fused-ring (bicyclic) bond motifs is 1. The van der Waals surface area contributed by atoms with E-state index < -0.39 is 9.84 Å². The summed E-state index contributed by atoms with van der Waals surface area (Å²) in [5.41, 5.74) is 1.68. The van der Waals surface area contributed by atoms with Crippen molar-refractivity contribution >= 4 is 27.3 Å². The minimum absolute atomic E-state index is 0.0268. The van der Waals surface area contributed by atoms with Crippen LogP contribution in [0.5, 0.6) is 0 Å². The Labute approximate surface area is 161 Å². The molecule has 27 heavy (non-hydrogen) atoms. The first-order valence-electron chi connectivity index (χ1n) is 9.80. The number of hydrogen-bond donors (Lipinski definition) is 0. The van der Waals surface area contributed by atoms with E-state index in [1.54, 1.807) is 28.0 Å². The van der Waals surface area contributed by atoms with Gasteiger partial charge in [-0.3, -0.25) is 9.59 Å². The Morgan fingerprint density at radius 3 is 2.37 bits per heavy atom. The maximum Gasteiger partial charge on any atom is 0.223 e. The van der Waals surface area contributed by atoms with Crippen LogP contribution in [-0.4, -0.2) is 50.5 Å². The second-order valence-corrected chi connectivity index (χ2v) is 9.54. The number of benzene rings is 1. The number of carbonyl (C=O) groups excluding carboxylic acids is 2. The molecule has 1 aromatic rings. The van der Waals surface area contributed by atoms with E-state index in [4.69, 9.17) is 0 Å². The number of anilines is 1. The van der Waals surface area contributed by atoms with Crippen molar-refractivity contribution in [3.8, 4) is 0 Å². The minimum atomic E-state index is -3.53. The summed E-state index contributed by atoms with van der Waals surface area (Å²) >= 11 is 0. The average molecular weight is 393 g/mol. The molecule has 6 nitrogen and oxygen atoms in total. The molecule has 0 atom stereocenters. The molecule has 2 heterocycles. The molecule has 0 aromatic heterocycles. The van der Waals surface area contributed by atoms with Crippen LogP contribution in [0.2, 0.25) is 0 Å². The fraction of sp³-hybridized carbons (Fsp3) is 0.600. The van der Waals surface area contributed by atoms with Crippen molar-refractivity contribution in [3.05, 3.63) is 23.8 Å². The number of rotatable bonds is 4. The van der Waals surface area contributed by atoms with E-state index in [1.807, 2.05) is 0 Å². The molecule has 2 amide bonds. The Kier molecular flexibility index (Phi) is 6.19. The van der Waals surface area contributed by atoms with Gasteiger partial charge in [0.15, 0.2) is 9.84 Å². The van der Waals surface area contributed by atoms with Crippen molar-refractivity contribution in [3.63, 3.8) is 0 Å². The second kappa shape index (κ2) is 8.42. The molecule has 0 aliphatic carbocycles. The zero-order chi connectivity index (χ0) is 19.4. The minimum Gasteiger partial charge on any atom is -0.343 e. The lowest BCUT2D eigenvalue weighted by atomic mass is 10.0. The topological polar surface area (TPSA) is 74.8 Å². The Bertz CT molecular complexity index is 811. The molecule has 0 saturated carbocycles. The third kappa shape index (κ3) is 4.69. The van der Waals surface area contributed by atoms with Crippen LogP contribution in [0.3, 0.4) is 0 Å². The Hall–Kier alpha value is -1.89. The summed E-state index contributed by atoms with van der Waals surface area (Å²) in [5, 5.41) is 0. The molecule has 0 N–H and O–H groups in total. The SMILES string of the molecule is CC(=O)N1CCCc2cc(S(=O)(=O)CCC(=O)N3CCCCCC3)ccc21. The van der Waals surface area contributed by atoms with Gasteiger partial charge in [-0.15, -0.1) is 0 Å². The lowest BCUT2D eigenvalue weighted by molar-refractivity contribution is -0.130. The highest BCUT2D eigenvalue weighted by Crippen LogP contribution is 2.30. The normalized spacial score (nSPS) is 18.0. The van der Waals surface area contributed by atoms with Gasteiger partial charge in [0.2, 0.25) is 11.8 Å². The lowest BCUT2D eigenvalue weighted by Gasteiger charge is -2.28. The molecule has 2 aliphatic rings. The van der Waals surface area contributed by atoms with Crippen molar-refractivity contribution in [1.29, 1.82) is 0 Å². The monoisotopic (exact) mass is 392 g/mol. The molecular weight excluding hydrogens is 364 g/mol. The predicted molar refractivity (Wildman–Crippen MR) is 105 cm³/mol. The highest BCUT2D eigenvalue weighted by atomic mass is 32.2. The van der Waals surface area contributed by atoms with Crippen molar-refractivity contribution in [2.75, 3.05) is 30.3 Å². The molecule has 0 radical (unpaired) electrons. The van der Waals surface area contributed by atoms with Crippen molar-refractivity contribution in [1.82, 2.24) is 4.90 Å². The average Bonchev–Trinajstić information content (AvgIpc) is 2.94. The third-order valence-corrected chi connectivity index (χ3v) is 7.17. The molecule has 0 spiro atoms. The summed E-state index contributed by atoms with van der Waals surface area (Å²) < 4.78 is 25.5. The van der Waals surface area contributed by atoms with Gasteiger partial charge >= 0.3 is 0 Å². The number of hydrogen-bond acceptors (Lipinski definition) is 4. The quantitative estimate of drug-likeness (QED) is 0.789. The van der Waals surface area contributed by atoms with Gasteiger partial charge in [0, 0.05) is 38.7 Å². The maximum atomic E-state index is 12.7. The maximum absolute atomic E-state index is 12.7. The van der Waals surface area contributed by atoms with Crippen LogP contribution >= 0.6 is 0 Å².